The number of nitrogens with one attached hydrogen (secondary N) is 2. The van der Waals surface area contributed by atoms with Crippen LogP contribution in [-0.2, 0) is 17.8 Å². The predicted molar refractivity (Wildman–Crippen MR) is 125 cm³/mol. The molecule has 0 aliphatic carbocycles. The van der Waals surface area contributed by atoms with Crippen LogP contribution >= 0.6 is 35.6 Å². The van der Waals surface area contributed by atoms with Gasteiger partial charge < -0.3 is 15.5 Å². The summed E-state index contributed by atoms with van der Waals surface area (Å²) in [7, 11) is 1.79. The Labute approximate surface area is 188 Å². The summed E-state index contributed by atoms with van der Waals surface area (Å²) in [6.07, 6.45) is 2.49. The molecule has 28 heavy (non-hydrogen) atoms. The summed E-state index contributed by atoms with van der Waals surface area (Å²) < 4.78 is 0. The number of carbonyl (C=O) groups is 1. The lowest BCUT2D eigenvalue weighted by molar-refractivity contribution is -0.128. The molecule has 6 nitrogen and oxygen atoms in total. The molecule has 0 spiro atoms. The highest BCUT2D eigenvalue weighted by molar-refractivity contribution is 14.0. The van der Waals surface area contributed by atoms with Crippen LogP contribution in [0.25, 0.3) is 0 Å². The zero-order valence-electron chi connectivity index (χ0n) is 16.2. The van der Waals surface area contributed by atoms with Crippen molar-refractivity contribution in [2.75, 3.05) is 26.7 Å². The molecule has 2 N–H and O–H groups in total. The van der Waals surface area contributed by atoms with Gasteiger partial charge in [0.25, 0.3) is 0 Å². The van der Waals surface area contributed by atoms with Crippen molar-refractivity contribution in [1.29, 1.82) is 0 Å². The molecule has 1 aromatic carbocycles. The molecule has 0 atom stereocenters. The Kier molecular flexibility index (Phi) is 11.5. The number of nitrogens with zero attached hydrogens (tertiary/aromatic N) is 3. The van der Waals surface area contributed by atoms with Gasteiger partial charge in [-0.2, -0.15) is 0 Å². The average Bonchev–Trinajstić information content (AvgIpc) is 2.68. The van der Waals surface area contributed by atoms with Crippen LogP contribution in [0, 0.1) is 0 Å². The molecular formula is C20H27ClIN5O. The summed E-state index contributed by atoms with van der Waals surface area (Å²) in [5.74, 6) is 0.600. The van der Waals surface area contributed by atoms with Gasteiger partial charge in [-0.1, -0.05) is 29.8 Å². The maximum absolute atomic E-state index is 12.3. The van der Waals surface area contributed by atoms with Crippen molar-refractivity contribution in [2.24, 2.45) is 4.99 Å². The first kappa shape index (κ1) is 24.2. The minimum Gasteiger partial charge on any atom is -0.357 e. The second kappa shape index (κ2) is 13.3. The fourth-order valence-corrected chi connectivity index (χ4v) is 2.61. The molecule has 0 aliphatic heterocycles. The molecule has 2 rings (SSSR count). The molecule has 0 unspecified atom stereocenters. The maximum Gasteiger partial charge on any atom is 0.241 e. The molecule has 0 aliphatic rings. The van der Waals surface area contributed by atoms with Gasteiger partial charge in [-0.3, -0.25) is 9.78 Å². The van der Waals surface area contributed by atoms with E-state index in [4.69, 9.17) is 11.6 Å². The highest BCUT2D eigenvalue weighted by atomic mass is 127. The van der Waals surface area contributed by atoms with E-state index in [0.717, 1.165) is 17.7 Å². The van der Waals surface area contributed by atoms with Crippen LogP contribution in [0.3, 0.4) is 0 Å². The molecule has 0 fully saturated rings. The van der Waals surface area contributed by atoms with Crippen LogP contribution < -0.4 is 10.6 Å². The third kappa shape index (κ3) is 8.88. The summed E-state index contributed by atoms with van der Waals surface area (Å²) in [6.45, 7) is 3.98. The Morgan fingerprint density at radius 3 is 2.71 bits per heavy atom. The Hall–Kier alpha value is -1.87. The average molecular weight is 516 g/mol. The SMILES string of the molecule is CCNC(=NCc1cccc(Cl)c1)NCC(=O)N(C)CCc1ccccn1.I. The van der Waals surface area contributed by atoms with E-state index < -0.39 is 0 Å². The lowest BCUT2D eigenvalue weighted by Gasteiger charge is -2.18. The molecule has 152 valence electrons. The molecular weight excluding hydrogens is 489 g/mol. The largest absolute Gasteiger partial charge is 0.357 e. The van der Waals surface area contributed by atoms with Crippen molar-refractivity contribution in [3.05, 3.63) is 64.9 Å². The number of halogens is 2. The second-order valence-corrected chi connectivity index (χ2v) is 6.50. The van der Waals surface area contributed by atoms with E-state index in [1.165, 1.54) is 0 Å². The fraction of sp³-hybridized carbons (Fsp3) is 0.350. The van der Waals surface area contributed by atoms with Crippen LogP contribution in [0.15, 0.2) is 53.7 Å². The number of carbonyl (C=O) groups excluding carboxylic acids is 1. The van der Waals surface area contributed by atoms with Crippen molar-refractivity contribution in [2.45, 2.75) is 19.9 Å². The number of pyridine rings is 1. The second-order valence-electron chi connectivity index (χ2n) is 6.07. The van der Waals surface area contributed by atoms with E-state index in [-0.39, 0.29) is 36.4 Å². The van der Waals surface area contributed by atoms with Gasteiger partial charge >= 0.3 is 0 Å². The van der Waals surface area contributed by atoms with Crippen LogP contribution in [0.4, 0.5) is 0 Å². The monoisotopic (exact) mass is 515 g/mol. The number of amides is 1. The van der Waals surface area contributed by atoms with E-state index in [0.29, 0.717) is 30.6 Å². The van der Waals surface area contributed by atoms with Crippen LogP contribution in [0.1, 0.15) is 18.2 Å². The highest BCUT2D eigenvalue weighted by Crippen LogP contribution is 2.11. The first-order valence-electron chi connectivity index (χ1n) is 8.99. The van der Waals surface area contributed by atoms with Gasteiger partial charge in [-0.05, 0) is 36.8 Å². The summed E-state index contributed by atoms with van der Waals surface area (Å²) in [5, 5.41) is 6.91. The number of benzene rings is 1. The van der Waals surface area contributed by atoms with E-state index in [9.17, 15) is 4.79 Å². The summed E-state index contributed by atoms with van der Waals surface area (Å²) in [6, 6.07) is 13.4. The number of aromatic nitrogens is 1. The zero-order valence-corrected chi connectivity index (χ0v) is 19.3. The third-order valence-electron chi connectivity index (χ3n) is 3.92. The normalized spacial score (nSPS) is 10.8. The van der Waals surface area contributed by atoms with Gasteiger partial charge in [0.2, 0.25) is 5.91 Å². The fourth-order valence-electron chi connectivity index (χ4n) is 2.39. The van der Waals surface area contributed by atoms with Crippen molar-refractivity contribution >= 4 is 47.4 Å². The van der Waals surface area contributed by atoms with Crippen LogP contribution in [0.5, 0.6) is 0 Å². The molecule has 0 saturated carbocycles. The minimum atomic E-state index is -0.000658. The summed E-state index contributed by atoms with van der Waals surface area (Å²) in [5.41, 5.74) is 1.99. The standard InChI is InChI=1S/C20H26ClN5O.HI/c1-3-22-20(24-14-16-7-6-8-17(21)13-16)25-15-19(27)26(2)12-10-18-9-4-5-11-23-18;/h4-9,11,13H,3,10,12,14-15H2,1-2H3,(H2,22,24,25);1H. The van der Waals surface area contributed by atoms with Crippen molar-refractivity contribution in [1.82, 2.24) is 20.5 Å². The number of hydrogen-bond acceptors (Lipinski definition) is 3. The molecule has 2 aromatic rings. The number of likely N-dealkylation sites (N-methyl/N-ethyl adjacent to an activating group) is 1. The predicted octanol–water partition coefficient (Wildman–Crippen LogP) is 3.11. The summed E-state index contributed by atoms with van der Waals surface area (Å²) >= 11 is 6.00. The summed E-state index contributed by atoms with van der Waals surface area (Å²) in [4.78, 5) is 22.8. The Balaban J connectivity index is 0.00000392. The quantitative estimate of drug-likeness (QED) is 0.322. The van der Waals surface area contributed by atoms with E-state index in [1.807, 2.05) is 49.4 Å². The number of hydrogen-bond donors (Lipinski definition) is 2. The smallest absolute Gasteiger partial charge is 0.241 e. The van der Waals surface area contributed by atoms with E-state index in [2.05, 4.69) is 20.6 Å². The lowest BCUT2D eigenvalue weighted by Crippen LogP contribution is -2.44. The molecule has 1 amide bonds. The van der Waals surface area contributed by atoms with Crippen molar-refractivity contribution in [3.63, 3.8) is 0 Å². The van der Waals surface area contributed by atoms with Gasteiger partial charge in [-0.15, -0.1) is 24.0 Å². The zero-order chi connectivity index (χ0) is 19.5. The first-order chi connectivity index (χ1) is 13.1. The van der Waals surface area contributed by atoms with Crippen molar-refractivity contribution in [3.8, 4) is 0 Å². The molecule has 1 heterocycles. The van der Waals surface area contributed by atoms with Gasteiger partial charge in [0.15, 0.2) is 5.96 Å². The van der Waals surface area contributed by atoms with E-state index in [1.54, 1.807) is 18.1 Å². The van der Waals surface area contributed by atoms with Gasteiger partial charge in [-0.25, -0.2) is 4.99 Å². The Morgan fingerprint density at radius 1 is 1.21 bits per heavy atom. The minimum absolute atomic E-state index is 0. The third-order valence-corrected chi connectivity index (χ3v) is 4.15. The van der Waals surface area contributed by atoms with Gasteiger partial charge in [0.05, 0.1) is 13.1 Å². The highest BCUT2D eigenvalue weighted by Gasteiger charge is 2.10. The lowest BCUT2D eigenvalue weighted by atomic mass is 10.2. The molecule has 1 aromatic heterocycles. The molecule has 8 heteroatoms. The number of rotatable bonds is 8. The first-order valence-corrected chi connectivity index (χ1v) is 9.36. The Bertz CT molecular complexity index is 757. The topological polar surface area (TPSA) is 69.6 Å². The van der Waals surface area contributed by atoms with Gasteiger partial charge in [0.1, 0.15) is 0 Å². The molecule has 0 saturated heterocycles. The molecule has 0 bridgehead atoms. The molecule has 0 radical (unpaired) electrons. The van der Waals surface area contributed by atoms with Crippen LogP contribution in [-0.4, -0.2) is 48.4 Å². The van der Waals surface area contributed by atoms with Crippen LogP contribution in [0.2, 0.25) is 5.02 Å². The number of aliphatic imine (C=N–C) groups is 1. The Morgan fingerprint density at radius 2 is 2.04 bits per heavy atom. The maximum atomic E-state index is 12.3. The van der Waals surface area contributed by atoms with Crippen molar-refractivity contribution < 1.29 is 4.79 Å². The van der Waals surface area contributed by atoms with Gasteiger partial charge in [0, 0.05) is 43.5 Å². The van der Waals surface area contributed by atoms with E-state index >= 15 is 0 Å². The number of guanidine groups is 1.